The lowest BCUT2D eigenvalue weighted by atomic mass is 9.95. The second-order valence-corrected chi connectivity index (χ2v) is 4.80. The van der Waals surface area contributed by atoms with E-state index in [-0.39, 0.29) is 27.8 Å². The van der Waals surface area contributed by atoms with Crippen molar-refractivity contribution in [3.05, 3.63) is 16.5 Å². The zero-order valence-corrected chi connectivity index (χ0v) is 11.0. The number of halogens is 3. The second kappa shape index (κ2) is 5.17. The summed E-state index contributed by atoms with van der Waals surface area (Å²) < 4.78 is 0. The van der Waals surface area contributed by atoms with E-state index >= 15 is 0 Å². The summed E-state index contributed by atoms with van der Waals surface area (Å²) in [5, 5.41) is 2.76. The predicted octanol–water partition coefficient (Wildman–Crippen LogP) is 2.99. The van der Waals surface area contributed by atoms with Gasteiger partial charge < -0.3 is 5.32 Å². The van der Waals surface area contributed by atoms with E-state index in [9.17, 15) is 4.79 Å². The van der Waals surface area contributed by atoms with Crippen molar-refractivity contribution in [1.29, 1.82) is 0 Å². The van der Waals surface area contributed by atoms with Crippen LogP contribution in [0.1, 0.15) is 13.8 Å². The molecular formula is C9H10Cl3N3O. The SMILES string of the molecule is CC(C)(CCl)C(=O)Nc1ncnc(Cl)c1Cl. The Hall–Kier alpha value is -0.580. The number of carbonyl (C=O) groups is 1. The fourth-order valence-electron chi connectivity index (χ4n) is 0.773. The molecule has 1 rings (SSSR count). The van der Waals surface area contributed by atoms with E-state index in [1.807, 2.05) is 0 Å². The molecule has 0 aliphatic heterocycles. The molecule has 0 saturated heterocycles. The maximum atomic E-state index is 11.8. The number of amides is 1. The number of hydrogen-bond acceptors (Lipinski definition) is 3. The molecule has 0 atom stereocenters. The van der Waals surface area contributed by atoms with E-state index in [1.165, 1.54) is 6.33 Å². The Balaban J connectivity index is 2.90. The maximum absolute atomic E-state index is 11.8. The van der Waals surface area contributed by atoms with E-state index in [1.54, 1.807) is 13.8 Å². The monoisotopic (exact) mass is 281 g/mol. The van der Waals surface area contributed by atoms with Crippen molar-refractivity contribution >= 4 is 46.5 Å². The van der Waals surface area contributed by atoms with Crippen LogP contribution in [0.2, 0.25) is 10.2 Å². The summed E-state index contributed by atoms with van der Waals surface area (Å²) in [6.07, 6.45) is 1.22. The average molecular weight is 283 g/mol. The van der Waals surface area contributed by atoms with Gasteiger partial charge in [-0.05, 0) is 13.8 Å². The van der Waals surface area contributed by atoms with Crippen LogP contribution in [0.25, 0.3) is 0 Å². The number of anilines is 1. The van der Waals surface area contributed by atoms with Crippen LogP contribution >= 0.6 is 34.8 Å². The van der Waals surface area contributed by atoms with E-state index < -0.39 is 5.41 Å². The molecule has 88 valence electrons. The zero-order chi connectivity index (χ0) is 12.3. The standard InChI is InChI=1S/C9H10Cl3N3O/c1-9(2,3-10)8(16)15-7-5(11)6(12)13-4-14-7/h4H,3H2,1-2H3,(H,13,14,15,16). The van der Waals surface area contributed by atoms with E-state index in [2.05, 4.69) is 15.3 Å². The van der Waals surface area contributed by atoms with Crippen LogP contribution in [0.3, 0.4) is 0 Å². The minimum atomic E-state index is -0.706. The summed E-state index contributed by atoms with van der Waals surface area (Å²) in [4.78, 5) is 19.3. The maximum Gasteiger partial charge on any atom is 0.232 e. The lowest BCUT2D eigenvalue weighted by Crippen LogP contribution is -2.32. The topological polar surface area (TPSA) is 54.9 Å². The van der Waals surface area contributed by atoms with Crippen LogP contribution in [0.15, 0.2) is 6.33 Å². The summed E-state index contributed by atoms with van der Waals surface area (Å²) in [6, 6.07) is 0. The molecule has 0 aliphatic carbocycles. The number of aromatic nitrogens is 2. The fourth-order valence-corrected chi connectivity index (χ4v) is 1.17. The van der Waals surface area contributed by atoms with Crippen LogP contribution in [-0.4, -0.2) is 21.8 Å². The van der Waals surface area contributed by atoms with Gasteiger partial charge in [-0.2, -0.15) is 0 Å². The quantitative estimate of drug-likeness (QED) is 0.685. The van der Waals surface area contributed by atoms with E-state index in [0.717, 1.165) is 0 Å². The molecule has 7 heteroatoms. The van der Waals surface area contributed by atoms with Crippen LogP contribution < -0.4 is 5.32 Å². The first-order valence-corrected chi connectivity index (χ1v) is 5.71. The highest BCUT2D eigenvalue weighted by atomic mass is 35.5. The Morgan fingerprint density at radius 2 is 2.06 bits per heavy atom. The van der Waals surface area contributed by atoms with Crippen molar-refractivity contribution in [2.24, 2.45) is 5.41 Å². The summed E-state index contributed by atoms with van der Waals surface area (Å²) >= 11 is 17.2. The summed E-state index contributed by atoms with van der Waals surface area (Å²) in [5.41, 5.74) is -0.706. The smallest absolute Gasteiger partial charge is 0.232 e. The molecule has 16 heavy (non-hydrogen) atoms. The van der Waals surface area contributed by atoms with Gasteiger partial charge in [0.05, 0.1) is 5.41 Å². The Labute approximate surface area is 108 Å². The molecule has 0 aromatic carbocycles. The lowest BCUT2D eigenvalue weighted by molar-refractivity contribution is -0.123. The molecule has 0 bridgehead atoms. The molecule has 0 radical (unpaired) electrons. The van der Waals surface area contributed by atoms with Gasteiger partial charge >= 0.3 is 0 Å². The van der Waals surface area contributed by atoms with Gasteiger partial charge in [-0.15, -0.1) is 11.6 Å². The van der Waals surface area contributed by atoms with Gasteiger partial charge in [-0.3, -0.25) is 4.79 Å². The third-order valence-corrected chi connectivity index (χ3v) is 3.34. The van der Waals surface area contributed by atoms with Crippen LogP contribution in [0.4, 0.5) is 5.82 Å². The Morgan fingerprint density at radius 3 is 2.62 bits per heavy atom. The molecule has 0 aliphatic rings. The minimum absolute atomic E-state index is 0.0932. The minimum Gasteiger partial charge on any atom is -0.309 e. The van der Waals surface area contributed by atoms with Crippen molar-refractivity contribution in [1.82, 2.24) is 9.97 Å². The first kappa shape index (κ1) is 13.5. The van der Waals surface area contributed by atoms with E-state index in [4.69, 9.17) is 34.8 Å². The molecule has 1 aromatic rings. The number of carbonyl (C=O) groups excluding carboxylic acids is 1. The number of nitrogens with zero attached hydrogens (tertiary/aromatic N) is 2. The Bertz CT molecular complexity index is 409. The number of alkyl halides is 1. The van der Waals surface area contributed by atoms with Crippen molar-refractivity contribution in [2.45, 2.75) is 13.8 Å². The van der Waals surface area contributed by atoms with Crippen molar-refractivity contribution in [3.63, 3.8) is 0 Å². The Kier molecular flexibility index (Phi) is 4.35. The van der Waals surface area contributed by atoms with Crippen LogP contribution in [-0.2, 0) is 4.79 Å². The average Bonchev–Trinajstić information content (AvgIpc) is 2.24. The lowest BCUT2D eigenvalue weighted by Gasteiger charge is -2.20. The third kappa shape index (κ3) is 2.97. The largest absolute Gasteiger partial charge is 0.309 e. The van der Waals surface area contributed by atoms with Crippen molar-refractivity contribution in [3.8, 4) is 0 Å². The predicted molar refractivity (Wildman–Crippen MR) is 65.2 cm³/mol. The normalized spacial score (nSPS) is 11.3. The van der Waals surface area contributed by atoms with Crippen LogP contribution in [0.5, 0.6) is 0 Å². The van der Waals surface area contributed by atoms with Crippen molar-refractivity contribution in [2.75, 3.05) is 11.2 Å². The van der Waals surface area contributed by atoms with Gasteiger partial charge in [-0.25, -0.2) is 9.97 Å². The summed E-state index contributed by atoms with van der Waals surface area (Å²) in [6.45, 7) is 3.43. The summed E-state index contributed by atoms with van der Waals surface area (Å²) in [5.74, 6) is 0.0963. The van der Waals surface area contributed by atoms with Gasteiger partial charge in [0, 0.05) is 5.88 Å². The second-order valence-electron chi connectivity index (χ2n) is 3.80. The fraction of sp³-hybridized carbons (Fsp3) is 0.444. The molecular weight excluding hydrogens is 272 g/mol. The van der Waals surface area contributed by atoms with Gasteiger partial charge in [0.15, 0.2) is 11.0 Å². The van der Waals surface area contributed by atoms with Crippen LogP contribution in [0, 0.1) is 5.41 Å². The molecule has 1 amide bonds. The highest BCUT2D eigenvalue weighted by Crippen LogP contribution is 2.27. The molecule has 1 heterocycles. The third-order valence-electron chi connectivity index (χ3n) is 1.93. The van der Waals surface area contributed by atoms with Gasteiger partial charge in [-0.1, -0.05) is 23.2 Å². The molecule has 1 aromatic heterocycles. The molecule has 0 spiro atoms. The number of hydrogen-bond donors (Lipinski definition) is 1. The number of rotatable bonds is 3. The molecule has 0 fully saturated rings. The first-order valence-electron chi connectivity index (χ1n) is 4.42. The van der Waals surface area contributed by atoms with E-state index in [0.29, 0.717) is 0 Å². The highest BCUT2D eigenvalue weighted by Gasteiger charge is 2.27. The molecule has 0 saturated carbocycles. The molecule has 1 N–H and O–H groups in total. The molecule has 4 nitrogen and oxygen atoms in total. The zero-order valence-electron chi connectivity index (χ0n) is 8.72. The summed E-state index contributed by atoms with van der Waals surface area (Å²) in [7, 11) is 0. The van der Waals surface area contributed by atoms with Gasteiger partial charge in [0.2, 0.25) is 5.91 Å². The van der Waals surface area contributed by atoms with Gasteiger partial charge in [0.25, 0.3) is 0 Å². The highest BCUT2D eigenvalue weighted by molar-refractivity contribution is 6.43. The van der Waals surface area contributed by atoms with Gasteiger partial charge in [0.1, 0.15) is 11.3 Å². The first-order chi connectivity index (χ1) is 7.38. The van der Waals surface area contributed by atoms with Crippen molar-refractivity contribution < 1.29 is 4.79 Å². The molecule has 0 unspecified atom stereocenters. The Morgan fingerprint density at radius 1 is 1.44 bits per heavy atom. The number of nitrogens with one attached hydrogen (secondary N) is 1.